The summed E-state index contributed by atoms with van der Waals surface area (Å²) in [5.41, 5.74) is 1.79. The van der Waals surface area contributed by atoms with Crippen LogP contribution >= 0.6 is 0 Å². The predicted molar refractivity (Wildman–Crippen MR) is 77.9 cm³/mol. The number of nitrogens with one attached hydrogen (secondary N) is 2. The van der Waals surface area contributed by atoms with Crippen LogP contribution in [0.25, 0.3) is 0 Å². The minimum absolute atomic E-state index is 0.0693. The Kier molecular flexibility index (Phi) is 3.87. The highest BCUT2D eigenvalue weighted by Gasteiger charge is 2.23. The summed E-state index contributed by atoms with van der Waals surface area (Å²) in [4.78, 5) is 0.418. The van der Waals surface area contributed by atoms with Crippen LogP contribution in [0.2, 0.25) is 0 Å². The summed E-state index contributed by atoms with van der Waals surface area (Å²) in [5, 5.41) is 3.26. The first-order valence-corrected chi connectivity index (χ1v) is 8.13. The number of benzene rings is 1. The van der Waals surface area contributed by atoms with Gasteiger partial charge in [0, 0.05) is 18.8 Å². The van der Waals surface area contributed by atoms with E-state index in [2.05, 4.69) is 10.0 Å². The van der Waals surface area contributed by atoms with E-state index in [0.29, 0.717) is 11.4 Å². The minimum atomic E-state index is -3.42. The largest absolute Gasteiger partial charge is 0.385 e. The lowest BCUT2D eigenvalue weighted by molar-refractivity contribution is 0.407. The first kappa shape index (κ1) is 14.3. The fourth-order valence-electron chi connectivity index (χ4n) is 2.12. The summed E-state index contributed by atoms with van der Waals surface area (Å²) in [5.74, 6) is 0. The quantitative estimate of drug-likeness (QED) is 0.895. The van der Waals surface area contributed by atoms with Gasteiger partial charge >= 0.3 is 0 Å². The zero-order valence-electron chi connectivity index (χ0n) is 11.8. The Hall–Kier alpha value is -1.07. The van der Waals surface area contributed by atoms with Crippen molar-refractivity contribution < 1.29 is 8.42 Å². The number of fused-ring (bicyclic) bond motifs is 1. The summed E-state index contributed by atoms with van der Waals surface area (Å²) in [6.07, 6.45) is 1.79. The molecule has 0 amide bonds. The molecule has 0 aliphatic carbocycles. The highest BCUT2D eigenvalue weighted by Crippen LogP contribution is 2.28. The maximum absolute atomic E-state index is 12.4. The number of anilines is 1. The molecular weight excluding hydrogens is 260 g/mol. The molecule has 0 spiro atoms. The lowest BCUT2D eigenvalue weighted by Crippen LogP contribution is -2.33. The summed E-state index contributed by atoms with van der Waals surface area (Å²) in [6.45, 7) is 7.38. The second-order valence-electron chi connectivity index (χ2n) is 6.20. The Morgan fingerprint density at radius 1 is 1.32 bits per heavy atom. The van der Waals surface area contributed by atoms with Gasteiger partial charge in [0.05, 0.1) is 4.90 Å². The molecule has 0 saturated heterocycles. The molecule has 1 aromatic rings. The van der Waals surface area contributed by atoms with Crippen molar-refractivity contribution in [1.29, 1.82) is 0 Å². The van der Waals surface area contributed by atoms with E-state index in [1.165, 1.54) is 0 Å². The summed E-state index contributed by atoms with van der Waals surface area (Å²) < 4.78 is 27.5. The fourth-order valence-corrected chi connectivity index (χ4v) is 3.69. The Morgan fingerprint density at radius 3 is 2.74 bits per heavy atom. The Morgan fingerprint density at radius 2 is 2.05 bits per heavy atom. The second kappa shape index (κ2) is 5.13. The van der Waals surface area contributed by atoms with E-state index in [0.717, 1.165) is 30.6 Å². The van der Waals surface area contributed by atoms with Crippen molar-refractivity contribution in [2.45, 2.75) is 38.5 Å². The topological polar surface area (TPSA) is 58.2 Å². The maximum atomic E-state index is 12.4. The van der Waals surface area contributed by atoms with Crippen LogP contribution in [0.15, 0.2) is 23.1 Å². The van der Waals surface area contributed by atoms with Gasteiger partial charge in [0.25, 0.3) is 0 Å². The van der Waals surface area contributed by atoms with E-state index in [9.17, 15) is 8.42 Å². The third-order valence-electron chi connectivity index (χ3n) is 3.13. The van der Waals surface area contributed by atoms with Gasteiger partial charge in [-0.05, 0) is 36.0 Å². The molecule has 0 bridgehead atoms. The lowest BCUT2D eigenvalue weighted by atomic mass is 9.98. The van der Waals surface area contributed by atoms with Gasteiger partial charge in [-0.2, -0.15) is 0 Å². The highest BCUT2D eigenvalue weighted by atomic mass is 32.2. The Balaban J connectivity index is 2.31. The minimum Gasteiger partial charge on any atom is -0.385 e. The monoisotopic (exact) mass is 282 g/mol. The third-order valence-corrected chi connectivity index (χ3v) is 4.62. The van der Waals surface area contributed by atoms with Gasteiger partial charge in [-0.25, -0.2) is 13.1 Å². The molecule has 1 aliphatic heterocycles. The molecule has 106 valence electrons. The second-order valence-corrected chi connectivity index (χ2v) is 7.93. The third kappa shape index (κ3) is 3.48. The fraction of sp³-hybridized carbons (Fsp3) is 0.571. The number of rotatable bonds is 3. The molecular formula is C14H22N2O2S. The van der Waals surface area contributed by atoms with Crippen molar-refractivity contribution in [2.75, 3.05) is 18.4 Å². The zero-order valence-corrected chi connectivity index (χ0v) is 12.6. The van der Waals surface area contributed by atoms with Crippen molar-refractivity contribution in [3.63, 3.8) is 0 Å². The van der Waals surface area contributed by atoms with E-state index < -0.39 is 10.0 Å². The SMILES string of the molecule is CC(C)(C)CNS(=O)(=O)c1cccc2c1CCCN2. The van der Waals surface area contributed by atoms with E-state index in [1.54, 1.807) is 12.1 Å². The molecule has 0 aromatic heterocycles. The van der Waals surface area contributed by atoms with Crippen LogP contribution in [-0.4, -0.2) is 21.5 Å². The summed E-state index contributed by atoms with van der Waals surface area (Å²) >= 11 is 0. The van der Waals surface area contributed by atoms with E-state index in [4.69, 9.17) is 0 Å². The molecule has 1 aromatic carbocycles. The number of hydrogen-bond donors (Lipinski definition) is 2. The molecule has 0 radical (unpaired) electrons. The number of hydrogen-bond acceptors (Lipinski definition) is 3. The molecule has 2 rings (SSSR count). The van der Waals surface area contributed by atoms with Gasteiger partial charge in [0.2, 0.25) is 10.0 Å². The van der Waals surface area contributed by atoms with Gasteiger partial charge in [-0.3, -0.25) is 0 Å². The van der Waals surface area contributed by atoms with Crippen molar-refractivity contribution in [2.24, 2.45) is 5.41 Å². The average molecular weight is 282 g/mol. The first-order valence-electron chi connectivity index (χ1n) is 6.65. The molecule has 1 aliphatic rings. The standard InChI is InChI=1S/C14H22N2O2S/c1-14(2,3)10-16-19(17,18)13-8-4-7-12-11(13)6-5-9-15-12/h4,7-8,15-16H,5-6,9-10H2,1-3H3. The number of sulfonamides is 1. The summed E-state index contributed by atoms with van der Waals surface area (Å²) in [6, 6.07) is 5.43. The molecule has 0 saturated carbocycles. The van der Waals surface area contributed by atoms with Crippen LogP contribution in [0, 0.1) is 5.41 Å². The smallest absolute Gasteiger partial charge is 0.240 e. The summed E-state index contributed by atoms with van der Waals surface area (Å²) in [7, 11) is -3.42. The van der Waals surface area contributed by atoms with Crippen molar-refractivity contribution >= 4 is 15.7 Å². The van der Waals surface area contributed by atoms with E-state index in [1.807, 2.05) is 26.8 Å². The van der Waals surface area contributed by atoms with Crippen LogP contribution in [0.3, 0.4) is 0 Å². The van der Waals surface area contributed by atoms with Gasteiger partial charge in [0.1, 0.15) is 0 Å². The molecule has 5 heteroatoms. The normalized spacial score (nSPS) is 15.7. The van der Waals surface area contributed by atoms with Crippen molar-refractivity contribution in [3.05, 3.63) is 23.8 Å². The lowest BCUT2D eigenvalue weighted by Gasteiger charge is -2.23. The van der Waals surface area contributed by atoms with Gasteiger partial charge in [-0.15, -0.1) is 0 Å². The molecule has 1 heterocycles. The van der Waals surface area contributed by atoms with Crippen LogP contribution in [0.1, 0.15) is 32.8 Å². The molecule has 4 nitrogen and oxygen atoms in total. The zero-order chi connectivity index (χ0) is 14.1. The maximum Gasteiger partial charge on any atom is 0.240 e. The van der Waals surface area contributed by atoms with Gasteiger partial charge in [-0.1, -0.05) is 26.8 Å². The first-order chi connectivity index (χ1) is 8.80. The Labute approximate surface area is 115 Å². The highest BCUT2D eigenvalue weighted by molar-refractivity contribution is 7.89. The van der Waals surface area contributed by atoms with Crippen molar-refractivity contribution in [3.8, 4) is 0 Å². The van der Waals surface area contributed by atoms with Gasteiger partial charge in [0.15, 0.2) is 0 Å². The molecule has 0 atom stereocenters. The van der Waals surface area contributed by atoms with Crippen LogP contribution in [-0.2, 0) is 16.4 Å². The van der Waals surface area contributed by atoms with Crippen molar-refractivity contribution in [1.82, 2.24) is 4.72 Å². The van der Waals surface area contributed by atoms with E-state index >= 15 is 0 Å². The molecule has 19 heavy (non-hydrogen) atoms. The molecule has 0 fully saturated rings. The van der Waals surface area contributed by atoms with Crippen LogP contribution < -0.4 is 10.0 Å². The predicted octanol–water partition coefficient (Wildman–Crippen LogP) is 2.37. The van der Waals surface area contributed by atoms with Gasteiger partial charge < -0.3 is 5.32 Å². The molecule has 0 unspecified atom stereocenters. The van der Waals surface area contributed by atoms with Crippen LogP contribution in [0.4, 0.5) is 5.69 Å². The van der Waals surface area contributed by atoms with Crippen LogP contribution in [0.5, 0.6) is 0 Å². The van der Waals surface area contributed by atoms with E-state index in [-0.39, 0.29) is 5.41 Å². The molecule has 2 N–H and O–H groups in total. The Bertz CT molecular complexity index is 559. The average Bonchev–Trinajstić information content (AvgIpc) is 2.35.